The number of para-hydroxylation sites is 1. The molecule has 0 amide bonds. The van der Waals surface area contributed by atoms with Crippen molar-refractivity contribution in [2.24, 2.45) is 5.73 Å². The summed E-state index contributed by atoms with van der Waals surface area (Å²) in [5.41, 5.74) is 7.04. The summed E-state index contributed by atoms with van der Waals surface area (Å²) in [5, 5.41) is 0.713. The van der Waals surface area contributed by atoms with Gasteiger partial charge in [-0.2, -0.15) is 0 Å². The van der Waals surface area contributed by atoms with E-state index in [1.54, 1.807) is 0 Å². The van der Waals surface area contributed by atoms with Gasteiger partial charge in [-0.3, -0.25) is 0 Å². The first kappa shape index (κ1) is 12.0. The summed E-state index contributed by atoms with van der Waals surface area (Å²) in [6.07, 6.45) is 0. The Balaban J connectivity index is 1.93. The molecule has 17 heavy (non-hydrogen) atoms. The zero-order valence-electron chi connectivity index (χ0n) is 9.34. The number of hydrogen-bond acceptors (Lipinski definition) is 2. The summed E-state index contributed by atoms with van der Waals surface area (Å²) < 4.78 is 5.59. The minimum absolute atomic E-state index is 0.146. The van der Waals surface area contributed by atoms with Gasteiger partial charge < -0.3 is 10.5 Å². The molecule has 0 aliphatic rings. The van der Waals surface area contributed by atoms with Gasteiger partial charge in [0.1, 0.15) is 12.4 Å². The van der Waals surface area contributed by atoms with Gasteiger partial charge in [0, 0.05) is 5.02 Å². The smallest absolute Gasteiger partial charge is 0.119 e. The summed E-state index contributed by atoms with van der Waals surface area (Å²) in [6.45, 7) is 0.450. The topological polar surface area (TPSA) is 35.2 Å². The van der Waals surface area contributed by atoms with Crippen LogP contribution in [0.15, 0.2) is 54.6 Å². The maximum atomic E-state index is 6.02. The van der Waals surface area contributed by atoms with E-state index in [2.05, 4.69) is 0 Å². The standard InChI is InChI=1S/C14H14ClNO/c15-12-8-6-11(7-9-12)14(16)10-17-13-4-2-1-3-5-13/h1-9,14H,10,16H2. The van der Waals surface area contributed by atoms with E-state index in [0.29, 0.717) is 11.6 Å². The SMILES string of the molecule is NC(COc1ccccc1)c1ccc(Cl)cc1. The molecule has 0 aliphatic heterocycles. The largest absolute Gasteiger partial charge is 0.492 e. The van der Waals surface area contributed by atoms with Gasteiger partial charge in [-0.25, -0.2) is 0 Å². The summed E-state index contributed by atoms with van der Waals surface area (Å²) in [4.78, 5) is 0. The molecule has 0 bridgehead atoms. The highest BCUT2D eigenvalue weighted by molar-refractivity contribution is 6.30. The Morgan fingerprint density at radius 1 is 1.00 bits per heavy atom. The predicted molar refractivity (Wildman–Crippen MR) is 70.3 cm³/mol. The fourth-order valence-electron chi connectivity index (χ4n) is 1.51. The molecule has 2 nitrogen and oxygen atoms in total. The lowest BCUT2D eigenvalue weighted by atomic mass is 10.1. The van der Waals surface area contributed by atoms with E-state index in [1.165, 1.54) is 0 Å². The number of rotatable bonds is 4. The second-order valence-corrected chi connectivity index (χ2v) is 4.22. The Morgan fingerprint density at radius 2 is 1.65 bits per heavy atom. The lowest BCUT2D eigenvalue weighted by Crippen LogP contribution is -2.18. The van der Waals surface area contributed by atoms with Crippen LogP contribution in [0.4, 0.5) is 0 Å². The van der Waals surface area contributed by atoms with Crippen molar-refractivity contribution in [2.45, 2.75) is 6.04 Å². The van der Waals surface area contributed by atoms with Crippen LogP contribution in [0, 0.1) is 0 Å². The minimum Gasteiger partial charge on any atom is -0.492 e. The van der Waals surface area contributed by atoms with Crippen LogP contribution in [-0.2, 0) is 0 Å². The van der Waals surface area contributed by atoms with Crippen molar-refractivity contribution in [1.29, 1.82) is 0 Å². The van der Waals surface area contributed by atoms with Gasteiger partial charge in [0.15, 0.2) is 0 Å². The van der Waals surface area contributed by atoms with E-state index in [9.17, 15) is 0 Å². The quantitative estimate of drug-likeness (QED) is 0.899. The van der Waals surface area contributed by atoms with Crippen LogP contribution in [0.1, 0.15) is 11.6 Å². The van der Waals surface area contributed by atoms with Crippen LogP contribution in [0.25, 0.3) is 0 Å². The molecule has 0 radical (unpaired) electrons. The fourth-order valence-corrected chi connectivity index (χ4v) is 1.63. The molecule has 88 valence electrons. The second kappa shape index (κ2) is 5.71. The molecular formula is C14H14ClNO. The van der Waals surface area contributed by atoms with Crippen LogP contribution >= 0.6 is 11.6 Å². The lowest BCUT2D eigenvalue weighted by molar-refractivity contribution is 0.290. The monoisotopic (exact) mass is 247 g/mol. The third kappa shape index (κ3) is 3.48. The summed E-state index contributed by atoms with van der Waals surface area (Å²) in [6, 6.07) is 17.0. The van der Waals surface area contributed by atoms with Crippen molar-refractivity contribution in [1.82, 2.24) is 0 Å². The van der Waals surface area contributed by atoms with Crippen LogP contribution in [-0.4, -0.2) is 6.61 Å². The average molecular weight is 248 g/mol. The molecule has 0 aliphatic carbocycles. The zero-order chi connectivity index (χ0) is 12.1. The summed E-state index contributed by atoms with van der Waals surface area (Å²) >= 11 is 5.82. The highest BCUT2D eigenvalue weighted by atomic mass is 35.5. The molecule has 1 atom stereocenters. The number of nitrogens with two attached hydrogens (primary N) is 1. The maximum absolute atomic E-state index is 6.02. The van der Waals surface area contributed by atoms with Crippen LogP contribution in [0.3, 0.4) is 0 Å². The molecule has 0 aromatic heterocycles. The Kier molecular flexibility index (Phi) is 4.02. The van der Waals surface area contributed by atoms with Crippen molar-refractivity contribution in [3.8, 4) is 5.75 Å². The first-order valence-electron chi connectivity index (χ1n) is 5.44. The lowest BCUT2D eigenvalue weighted by Gasteiger charge is -2.13. The fraction of sp³-hybridized carbons (Fsp3) is 0.143. The molecule has 2 rings (SSSR count). The maximum Gasteiger partial charge on any atom is 0.119 e. The predicted octanol–water partition coefficient (Wildman–Crippen LogP) is 3.42. The van der Waals surface area contributed by atoms with E-state index < -0.39 is 0 Å². The second-order valence-electron chi connectivity index (χ2n) is 3.78. The molecule has 2 N–H and O–H groups in total. The van der Waals surface area contributed by atoms with E-state index in [4.69, 9.17) is 22.1 Å². The third-order valence-electron chi connectivity index (χ3n) is 2.47. The highest BCUT2D eigenvalue weighted by Gasteiger charge is 2.06. The first-order valence-corrected chi connectivity index (χ1v) is 5.82. The van der Waals surface area contributed by atoms with Gasteiger partial charge in [-0.05, 0) is 29.8 Å². The van der Waals surface area contributed by atoms with E-state index in [-0.39, 0.29) is 6.04 Å². The van der Waals surface area contributed by atoms with E-state index >= 15 is 0 Å². The van der Waals surface area contributed by atoms with Crippen molar-refractivity contribution in [2.75, 3.05) is 6.61 Å². The van der Waals surface area contributed by atoms with Crippen molar-refractivity contribution < 1.29 is 4.74 Å². The summed E-state index contributed by atoms with van der Waals surface area (Å²) in [7, 11) is 0. The Morgan fingerprint density at radius 3 is 2.29 bits per heavy atom. The van der Waals surface area contributed by atoms with Gasteiger partial charge in [-0.15, -0.1) is 0 Å². The van der Waals surface area contributed by atoms with E-state index in [1.807, 2.05) is 54.6 Å². The van der Waals surface area contributed by atoms with Crippen molar-refractivity contribution in [3.05, 3.63) is 65.2 Å². The third-order valence-corrected chi connectivity index (χ3v) is 2.72. The molecule has 0 spiro atoms. The highest BCUT2D eigenvalue weighted by Crippen LogP contribution is 2.16. The van der Waals surface area contributed by atoms with Crippen LogP contribution < -0.4 is 10.5 Å². The molecule has 2 aromatic carbocycles. The summed E-state index contributed by atoms with van der Waals surface area (Å²) in [5.74, 6) is 0.830. The van der Waals surface area contributed by atoms with Crippen molar-refractivity contribution >= 4 is 11.6 Å². The number of ether oxygens (including phenoxy) is 1. The molecular weight excluding hydrogens is 234 g/mol. The molecule has 0 fully saturated rings. The number of halogens is 1. The number of hydrogen-bond donors (Lipinski definition) is 1. The van der Waals surface area contributed by atoms with Gasteiger partial charge in [-0.1, -0.05) is 41.9 Å². The molecule has 1 unspecified atom stereocenters. The van der Waals surface area contributed by atoms with E-state index in [0.717, 1.165) is 11.3 Å². The number of benzene rings is 2. The van der Waals surface area contributed by atoms with Gasteiger partial charge >= 0.3 is 0 Å². The molecule has 2 aromatic rings. The van der Waals surface area contributed by atoms with Crippen LogP contribution in [0.5, 0.6) is 5.75 Å². The Hall–Kier alpha value is -1.51. The molecule has 0 saturated heterocycles. The molecule has 0 heterocycles. The zero-order valence-corrected chi connectivity index (χ0v) is 10.1. The van der Waals surface area contributed by atoms with Gasteiger partial charge in [0.05, 0.1) is 6.04 Å². The Labute approximate surface area is 106 Å². The normalized spacial score (nSPS) is 12.1. The van der Waals surface area contributed by atoms with Crippen molar-refractivity contribution in [3.63, 3.8) is 0 Å². The minimum atomic E-state index is -0.146. The van der Waals surface area contributed by atoms with Crippen LogP contribution in [0.2, 0.25) is 5.02 Å². The molecule has 3 heteroatoms. The first-order chi connectivity index (χ1) is 8.25. The Bertz CT molecular complexity index is 455. The molecule has 0 saturated carbocycles. The van der Waals surface area contributed by atoms with Gasteiger partial charge in [0.2, 0.25) is 0 Å². The average Bonchev–Trinajstić information content (AvgIpc) is 2.38. The van der Waals surface area contributed by atoms with Gasteiger partial charge in [0.25, 0.3) is 0 Å².